The molecule has 0 aromatic heterocycles. The van der Waals surface area contributed by atoms with E-state index in [1.54, 1.807) is 11.1 Å². The van der Waals surface area contributed by atoms with E-state index in [0.717, 1.165) is 11.8 Å². The second kappa shape index (κ2) is 0.732. The van der Waals surface area contributed by atoms with E-state index < -0.39 is 0 Å². The van der Waals surface area contributed by atoms with Gasteiger partial charge in [-0.25, -0.2) is 0 Å². The van der Waals surface area contributed by atoms with Crippen LogP contribution in [0.3, 0.4) is 0 Å². The summed E-state index contributed by atoms with van der Waals surface area (Å²) in [5.74, 6) is 1.65. The van der Waals surface area contributed by atoms with Crippen molar-refractivity contribution in [1.82, 2.24) is 0 Å². The molecule has 38 valence electrons. The van der Waals surface area contributed by atoms with Gasteiger partial charge in [-0.1, -0.05) is 24.3 Å². The van der Waals surface area contributed by atoms with Crippen LogP contribution in [0.4, 0.5) is 0 Å². The molecule has 0 N–H and O–H groups in total. The average molecular weight is 102 g/mol. The van der Waals surface area contributed by atoms with Crippen LogP contribution in [0, 0.1) is 11.8 Å². The minimum absolute atomic E-state index is 0.824. The molecule has 0 aromatic rings. The molecule has 5 aliphatic rings. The fraction of sp³-hybridized carbons (Fsp3) is 0.250. The molecule has 0 saturated heterocycles. The van der Waals surface area contributed by atoms with Crippen LogP contribution in [-0.4, -0.2) is 0 Å². The standard InChI is InChI=1S/C8H6/c1-2-6-7-3-4-8(6)5(1)7/h1-5,7H. The van der Waals surface area contributed by atoms with E-state index in [1.165, 1.54) is 0 Å². The summed E-state index contributed by atoms with van der Waals surface area (Å²) in [4.78, 5) is 0. The van der Waals surface area contributed by atoms with Gasteiger partial charge >= 0.3 is 0 Å². The van der Waals surface area contributed by atoms with E-state index >= 15 is 0 Å². The smallest absolute Gasteiger partial charge is 0.0128 e. The van der Waals surface area contributed by atoms with Crippen molar-refractivity contribution in [1.29, 1.82) is 0 Å². The summed E-state index contributed by atoms with van der Waals surface area (Å²) in [6, 6.07) is 0. The van der Waals surface area contributed by atoms with Crippen LogP contribution in [0.15, 0.2) is 35.5 Å². The van der Waals surface area contributed by atoms with Crippen LogP contribution in [0.2, 0.25) is 0 Å². The van der Waals surface area contributed by atoms with Gasteiger partial charge in [0.1, 0.15) is 0 Å². The number of rotatable bonds is 0. The summed E-state index contributed by atoms with van der Waals surface area (Å²) in [7, 11) is 0. The number of hydrogen-bond acceptors (Lipinski definition) is 0. The maximum atomic E-state index is 2.31. The Morgan fingerprint density at radius 3 is 1.62 bits per heavy atom. The van der Waals surface area contributed by atoms with Crippen LogP contribution in [0.25, 0.3) is 0 Å². The molecule has 4 bridgehead atoms. The Morgan fingerprint density at radius 2 is 1.38 bits per heavy atom. The van der Waals surface area contributed by atoms with Crippen LogP contribution >= 0.6 is 0 Å². The highest BCUT2D eigenvalue weighted by atomic mass is 14.5. The van der Waals surface area contributed by atoms with Gasteiger partial charge in [-0.15, -0.1) is 0 Å². The van der Waals surface area contributed by atoms with Crippen molar-refractivity contribution < 1.29 is 0 Å². The summed E-state index contributed by atoms with van der Waals surface area (Å²) in [6.07, 6.45) is 9.17. The first-order valence-electron chi connectivity index (χ1n) is 3.07. The molecule has 0 heteroatoms. The van der Waals surface area contributed by atoms with Crippen molar-refractivity contribution in [3.05, 3.63) is 35.5 Å². The Morgan fingerprint density at radius 1 is 0.875 bits per heavy atom. The molecule has 5 rings (SSSR count). The maximum absolute atomic E-state index is 2.31. The van der Waals surface area contributed by atoms with E-state index in [1.807, 2.05) is 0 Å². The van der Waals surface area contributed by atoms with Gasteiger partial charge < -0.3 is 0 Å². The van der Waals surface area contributed by atoms with Crippen LogP contribution in [0.5, 0.6) is 0 Å². The highest BCUT2D eigenvalue weighted by molar-refractivity contribution is 5.61. The van der Waals surface area contributed by atoms with Crippen molar-refractivity contribution >= 4 is 0 Å². The fourth-order valence-corrected chi connectivity index (χ4v) is 1.95. The van der Waals surface area contributed by atoms with E-state index in [0.29, 0.717) is 0 Å². The molecule has 0 spiro atoms. The van der Waals surface area contributed by atoms with Gasteiger partial charge in [-0.3, -0.25) is 0 Å². The Balaban J connectivity index is 2.37. The summed E-state index contributed by atoms with van der Waals surface area (Å²) in [5, 5.41) is 0. The van der Waals surface area contributed by atoms with Gasteiger partial charge in [0.05, 0.1) is 0 Å². The lowest BCUT2D eigenvalue weighted by molar-refractivity contribution is 0.614. The molecule has 8 heavy (non-hydrogen) atoms. The maximum Gasteiger partial charge on any atom is 0.0128 e. The van der Waals surface area contributed by atoms with Crippen LogP contribution in [-0.2, 0) is 0 Å². The monoisotopic (exact) mass is 102 g/mol. The summed E-state index contributed by atoms with van der Waals surface area (Å²) in [5.41, 5.74) is 3.19. The fourth-order valence-electron chi connectivity index (χ4n) is 1.95. The molecule has 2 atom stereocenters. The predicted octanol–water partition coefficient (Wildman–Crippen LogP) is 1.67. The Kier molecular flexibility index (Phi) is 0.301. The van der Waals surface area contributed by atoms with E-state index in [9.17, 15) is 0 Å². The zero-order valence-electron chi connectivity index (χ0n) is 4.46. The molecule has 0 fully saturated rings. The lowest BCUT2D eigenvalue weighted by Crippen LogP contribution is -2.14. The second-order valence-electron chi connectivity index (χ2n) is 2.68. The zero-order chi connectivity index (χ0) is 5.14. The predicted molar refractivity (Wildman–Crippen MR) is 32.3 cm³/mol. The summed E-state index contributed by atoms with van der Waals surface area (Å²) >= 11 is 0. The van der Waals surface area contributed by atoms with Crippen molar-refractivity contribution in [2.45, 2.75) is 0 Å². The Bertz CT molecular complexity index is 215. The van der Waals surface area contributed by atoms with E-state index in [4.69, 9.17) is 0 Å². The molecule has 0 radical (unpaired) electrons. The lowest BCUT2D eigenvalue weighted by Gasteiger charge is -2.22. The number of hydrogen-bond donors (Lipinski definition) is 0. The largest absolute Gasteiger partial charge is 0.0758 e. The zero-order valence-corrected chi connectivity index (χ0v) is 4.46. The van der Waals surface area contributed by atoms with Gasteiger partial charge in [-0.2, -0.15) is 0 Å². The molecular weight excluding hydrogens is 96.1 g/mol. The van der Waals surface area contributed by atoms with Crippen molar-refractivity contribution in [3.8, 4) is 0 Å². The van der Waals surface area contributed by atoms with Crippen molar-refractivity contribution in [2.24, 2.45) is 11.8 Å². The normalized spacial score (nSPS) is 44.0. The molecule has 0 amide bonds. The van der Waals surface area contributed by atoms with Gasteiger partial charge in [0, 0.05) is 11.8 Å². The minimum Gasteiger partial charge on any atom is -0.0758 e. The SMILES string of the molecule is C1=CC2C3=C1C2C=C3. The first kappa shape index (κ1) is 3.29. The molecule has 5 aliphatic carbocycles. The quantitative estimate of drug-likeness (QED) is 0.436. The second-order valence-corrected chi connectivity index (χ2v) is 2.68. The molecule has 2 unspecified atom stereocenters. The topological polar surface area (TPSA) is 0 Å². The molecule has 0 nitrogen and oxygen atoms in total. The van der Waals surface area contributed by atoms with Crippen LogP contribution in [0.1, 0.15) is 0 Å². The van der Waals surface area contributed by atoms with E-state index in [-0.39, 0.29) is 0 Å². The molecule has 0 saturated carbocycles. The minimum atomic E-state index is 0.824. The highest BCUT2D eigenvalue weighted by Crippen LogP contribution is 2.54. The third-order valence-electron chi connectivity index (χ3n) is 2.40. The molecule has 0 aliphatic heterocycles. The highest BCUT2D eigenvalue weighted by Gasteiger charge is 2.42. The van der Waals surface area contributed by atoms with Gasteiger partial charge in [-0.05, 0) is 11.1 Å². The van der Waals surface area contributed by atoms with Gasteiger partial charge in [0.2, 0.25) is 0 Å². The van der Waals surface area contributed by atoms with Gasteiger partial charge in [0.15, 0.2) is 0 Å². The Labute approximate surface area is 48.2 Å². The third kappa shape index (κ3) is 0.146. The molecule has 0 heterocycles. The average Bonchev–Trinajstić information content (AvgIpc) is 2.39. The lowest BCUT2D eigenvalue weighted by atomic mass is 9.80. The van der Waals surface area contributed by atoms with Crippen molar-refractivity contribution in [2.75, 3.05) is 0 Å². The van der Waals surface area contributed by atoms with E-state index in [2.05, 4.69) is 24.3 Å². The van der Waals surface area contributed by atoms with Crippen LogP contribution < -0.4 is 0 Å². The molecule has 0 aromatic carbocycles. The first-order valence-corrected chi connectivity index (χ1v) is 3.07. The third-order valence-corrected chi connectivity index (χ3v) is 2.40. The summed E-state index contributed by atoms with van der Waals surface area (Å²) in [6.45, 7) is 0. The summed E-state index contributed by atoms with van der Waals surface area (Å²) < 4.78 is 0. The Hall–Kier alpha value is -0.780. The van der Waals surface area contributed by atoms with Gasteiger partial charge in [0.25, 0.3) is 0 Å². The molecular formula is C8H6. The number of allylic oxidation sites excluding steroid dienone is 6. The first-order chi connectivity index (χ1) is 3.97. The van der Waals surface area contributed by atoms with Crippen molar-refractivity contribution in [3.63, 3.8) is 0 Å².